The van der Waals surface area contributed by atoms with E-state index in [1.54, 1.807) is 0 Å². The summed E-state index contributed by atoms with van der Waals surface area (Å²) in [6.07, 6.45) is 1.39. The third-order valence-electron chi connectivity index (χ3n) is 5.97. The van der Waals surface area contributed by atoms with Gasteiger partial charge in [0, 0.05) is 16.9 Å². The van der Waals surface area contributed by atoms with Crippen LogP contribution >= 0.6 is 15.9 Å². The van der Waals surface area contributed by atoms with Crippen LogP contribution in [0.25, 0.3) is 10.8 Å². The Kier molecular flexibility index (Phi) is 6.69. The number of benzene rings is 3. The molecule has 1 aliphatic rings. The number of ether oxygens (including phenoxy) is 1. The number of halogens is 1. The Hall–Kier alpha value is -1.68. The molecule has 1 fully saturated rings. The van der Waals surface area contributed by atoms with E-state index >= 15 is 0 Å². The maximum atomic E-state index is 6.55. The van der Waals surface area contributed by atoms with E-state index in [2.05, 4.69) is 102 Å². The summed E-state index contributed by atoms with van der Waals surface area (Å²) in [6.45, 7) is 7.26. The van der Waals surface area contributed by atoms with E-state index in [1.165, 1.54) is 28.3 Å². The van der Waals surface area contributed by atoms with Gasteiger partial charge < -0.3 is 10.1 Å². The van der Waals surface area contributed by atoms with E-state index in [0.29, 0.717) is 24.4 Å². The molecule has 29 heavy (non-hydrogen) atoms. The van der Waals surface area contributed by atoms with Gasteiger partial charge in [0.15, 0.2) is 0 Å². The molecule has 3 unspecified atom stereocenters. The Morgan fingerprint density at radius 2 is 1.72 bits per heavy atom. The van der Waals surface area contributed by atoms with Crippen molar-refractivity contribution in [1.29, 1.82) is 0 Å². The molecule has 3 aromatic carbocycles. The van der Waals surface area contributed by atoms with E-state index in [0.717, 1.165) is 17.6 Å². The molecule has 0 spiro atoms. The van der Waals surface area contributed by atoms with Gasteiger partial charge in [0.05, 0.1) is 12.7 Å². The number of hydrogen-bond acceptors (Lipinski definition) is 2. The number of fused-ring (bicyclic) bond motifs is 1. The van der Waals surface area contributed by atoms with Crippen LogP contribution < -0.4 is 5.32 Å². The number of rotatable bonds is 6. The van der Waals surface area contributed by atoms with Crippen molar-refractivity contribution in [2.75, 3.05) is 13.1 Å². The molecule has 0 aromatic heterocycles. The van der Waals surface area contributed by atoms with E-state index in [-0.39, 0.29) is 6.10 Å². The molecule has 152 valence electrons. The highest BCUT2D eigenvalue weighted by Crippen LogP contribution is 2.37. The molecular formula is C26H30BrNO. The number of nitrogens with one attached hydrogen (secondary N) is 1. The molecule has 0 amide bonds. The fourth-order valence-corrected chi connectivity index (χ4v) is 4.93. The quantitative estimate of drug-likeness (QED) is 0.459. The van der Waals surface area contributed by atoms with Crippen LogP contribution in [-0.2, 0) is 11.3 Å². The molecule has 1 saturated heterocycles. The minimum absolute atomic E-state index is 0.181. The van der Waals surface area contributed by atoms with Gasteiger partial charge in [0.25, 0.3) is 0 Å². The van der Waals surface area contributed by atoms with Gasteiger partial charge in [-0.15, -0.1) is 0 Å². The molecule has 0 radical (unpaired) electrons. The van der Waals surface area contributed by atoms with Crippen LogP contribution in [0.4, 0.5) is 0 Å². The molecule has 1 N–H and O–H groups in total. The molecule has 0 saturated carbocycles. The van der Waals surface area contributed by atoms with E-state index in [4.69, 9.17) is 4.74 Å². The molecule has 4 rings (SSSR count). The maximum absolute atomic E-state index is 6.55. The van der Waals surface area contributed by atoms with Crippen LogP contribution in [0.3, 0.4) is 0 Å². The van der Waals surface area contributed by atoms with Gasteiger partial charge in [-0.3, -0.25) is 0 Å². The minimum Gasteiger partial charge on any atom is -0.372 e. The topological polar surface area (TPSA) is 21.3 Å². The van der Waals surface area contributed by atoms with Crippen molar-refractivity contribution in [1.82, 2.24) is 5.32 Å². The predicted octanol–water partition coefficient (Wildman–Crippen LogP) is 6.54. The second kappa shape index (κ2) is 9.42. The zero-order valence-corrected chi connectivity index (χ0v) is 18.9. The zero-order chi connectivity index (χ0) is 20.2. The second-order valence-corrected chi connectivity index (χ2v) is 9.57. The largest absolute Gasteiger partial charge is 0.372 e. The summed E-state index contributed by atoms with van der Waals surface area (Å²) in [5, 5.41) is 6.19. The van der Waals surface area contributed by atoms with Crippen molar-refractivity contribution in [2.24, 2.45) is 11.8 Å². The predicted molar refractivity (Wildman–Crippen MR) is 125 cm³/mol. The van der Waals surface area contributed by atoms with Crippen molar-refractivity contribution in [3.63, 3.8) is 0 Å². The molecule has 1 heterocycles. The Labute approximate surface area is 182 Å². The fraction of sp³-hybridized carbons (Fsp3) is 0.385. The van der Waals surface area contributed by atoms with Crippen molar-refractivity contribution in [3.05, 3.63) is 82.3 Å². The Bertz CT molecular complexity index is 937. The summed E-state index contributed by atoms with van der Waals surface area (Å²) in [5.41, 5.74) is 2.63. The van der Waals surface area contributed by atoms with Gasteiger partial charge in [-0.1, -0.05) is 78.3 Å². The first-order chi connectivity index (χ1) is 14.1. The van der Waals surface area contributed by atoms with Crippen molar-refractivity contribution in [3.8, 4) is 0 Å². The lowest BCUT2D eigenvalue weighted by molar-refractivity contribution is -0.00897. The van der Waals surface area contributed by atoms with Crippen molar-refractivity contribution >= 4 is 26.7 Å². The van der Waals surface area contributed by atoms with Crippen LogP contribution in [0.2, 0.25) is 0 Å². The molecule has 0 bridgehead atoms. The van der Waals surface area contributed by atoms with E-state index < -0.39 is 0 Å². The Morgan fingerprint density at radius 1 is 0.966 bits per heavy atom. The lowest BCUT2D eigenvalue weighted by Gasteiger charge is -2.40. The fourth-order valence-electron chi connectivity index (χ4n) is 4.67. The standard InChI is InChI=1S/C26H30BrNO/c1-18(2)13-23-15-28-16-25(26(23)21-9-11-24(27)12-10-21)29-17-19-7-8-20-5-3-4-6-22(20)14-19/h3-12,14,18,23,25-26,28H,13,15-17H2,1-2H3. The molecule has 2 nitrogen and oxygen atoms in total. The van der Waals surface area contributed by atoms with Crippen LogP contribution in [0.15, 0.2) is 71.2 Å². The monoisotopic (exact) mass is 451 g/mol. The van der Waals surface area contributed by atoms with Gasteiger partial charge in [-0.05, 0) is 64.9 Å². The average Bonchev–Trinajstić information content (AvgIpc) is 2.72. The van der Waals surface area contributed by atoms with E-state index in [1.807, 2.05) is 0 Å². The van der Waals surface area contributed by atoms with Crippen LogP contribution in [0.1, 0.15) is 37.3 Å². The highest BCUT2D eigenvalue weighted by atomic mass is 79.9. The van der Waals surface area contributed by atoms with Gasteiger partial charge in [0.2, 0.25) is 0 Å². The summed E-state index contributed by atoms with van der Waals surface area (Å²) in [6, 6.07) is 24.0. The van der Waals surface area contributed by atoms with Gasteiger partial charge in [-0.2, -0.15) is 0 Å². The smallest absolute Gasteiger partial charge is 0.0775 e. The van der Waals surface area contributed by atoms with Crippen molar-refractivity contribution in [2.45, 2.75) is 38.9 Å². The number of piperidine rings is 1. The van der Waals surface area contributed by atoms with Crippen LogP contribution in [0, 0.1) is 11.8 Å². The SMILES string of the molecule is CC(C)CC1CNCC(OCc2ccc3ccccc3c2)C1c1ccc(Br)cc1. The van der Waals surface area contributed by atoms with Gasteiger partial charge in [-0.25, -0.2) is 0 Å². The lowest BCUT2D eigenvalue weighted by Crippen LogP contribution is -2.47. The summed E-state index contributed by atoms with van der Waals surface area (Å²) in [5.74, 6) is 1.69. The lowest BCUT2D eigenvalue weighted by atomic mass is 9.75. The first kappa shape index (κ1) is 20.6. The molecule has 3 atom stereocenters. The number of hydrogen-bond donors (Lipinski definition) is 1. The summed E-state index contributed by atoms with van der Waals surface area (Å²) < 4.78 is 7.68. The normalized spacial score (nSPS) is 22.3. The maximum Gasteiger partial charge on any atom is 0.0775 e. The second-order valence-electron chi connectivity index (χ2n) is 8.66. The van der Waals surface area contributed by atoms with E-state index in [9.17, 15) is 0 Å². The molecule has 3 heteroatoms. The van der Waals surface area contributed by atoms with Crippen molar-refractivity contribution < 1.29 is 4.74 Å². The van der Waals surface area contributed by atoms with Crippen LogP contribution in [-0.4, -0.2) is 19.2 Å². The Morgan fingerprint density at radius 3 is 2.48 bits per heavy atom. The Balaban J connectivity index is 1.54. The summed E-state index contributed by atoms with van der Waals surface area (Å²) in [4.78, 5) is 0. The average molecular weight is 452 g/mol. The van der Waals surface area contributed by atoms with Gasteiger partial charge >= 0.3 is 0 Å². The summed E-state index contributed by atoms with van der Waals surface area (Å²) in [7, 11) is 0. The third-order valence-corrected chi connectivity index (χ3v) is 6.50. The highest BCUT2D eigenvalue weighted by Gasteiger charge is 2.35. The highest BCUT2D eigenvalue weighted by molar-refractivity contribution is 9.10. The third kappa shape index (κ3) is 5.09. The zero-order valence-electron chi connectivity index (χ0n) is 17.3. The minimum atomic E-state index is 0.181. The molecular weight excluding hydrogens is 422 g/mol. The molecule has 0 aliphatic carbocycles. The first-order valence-corrected chi connectivity index (χ1v) is 11.4. The molecule has 1 aliphatic heterocycles. The van der Waals surface area contributed by atoms with Gasteiger partial charge in [0.1, 0.15) is 0 Å². The molecule has 3 aromatic rings. The first-order valence-electron chi connectivity index (χ1n) is 10.7. The summed E-state index contributed by atoms with van der Waals surface area (Å²) >= 11 is 3.58. The van der Waals surface area contributed by atoms with Crippen LogP contribution in [0.5, 0.6) is 0 Å².